The largest absolute Gasteiger partial charge is 0.381 e. The number of halogens is 1. The van der Waals surface area contributed by atoms with Crippen LogP contribution in [0.2, 0.25) is 5.02 Å². The minimum absolute atomic E-state index is 0.602. The summed E-state index contributed by atoms with van der Waals surface area (Å²) in [5, 5.41) is 12.9. The van der Waals surface area contributed by atoms with Crippen molar-refractivity contribution in [2.45, 2.75) is 38.1 Å². The van der Waals surface area contributed by atoms with E-state index in [1.54, 1.807) is 0 Å². The van der Waals surface area contributed by atoms with Crippen molar-refractivity contribution in [3.63, 3.8) is 0 Å². The van der Waals surface area contributed by atoms with Gasteiger partial charge in [-0.05, 0) is 67.0 Å². The van der Waals surface area contributed by atoms with Crippen LogP contribution in [0.15, 0.2) is 36.5 Å². The molecule has 5 rings (SSSR count). The molecule has 0 bridgehead atoms. The number of rotatable bonds is 5. The van der Waals surface area contributed by atoms with Gasteiger partial charge in [0.05, 0.1) is 10.7 Å². The minimum atomic E-state index is 0.602. The topological polar surface area (TPSA) is 42.2 Å². The van der Waals surface area contributed by atoms with Crippen LogP contribution in [0, 0.1) is 5.92 Å². The molecule has 2 heterocycles. The first-order valence-corrected chi connectivity index (χ1v) is 9.04. The van der Waals surface area contributed by atoms with Crippen LogP contribution in [0.3, 0.4) is 0 Å². The Morgan fingerprint density at radius 3 is 2.62 bits per heavy atom. The van der Waals surface area contributed by atoms with Crippen molar-refractivity contribution >= 4 is 22.9 Å². The van der Waals surface area contributed by atoms with E-state index in [2.05, 4.69) is 50.4 Å². The third-order valence-corrected chi connectivity index (χ3v) is 5.20. The minimum Gasteiger partial charge on any atom is -0.381 e. The van der Waals surface area contributed by atoms with Gasteiger partial charge in [0.25, 0.3) is 0 Å². The third kappa shape index (κ3) is 2.75. The van der Waals surface area contributed by atoms with Crippen molar-refractivity contribution in [3.8, 4) is 11.1 Å². The van der Waals surface area contributed by atoms with Crippen molar-refractivity contribution in [2.75, 3.05) is 5.32 Å². The molecule has 0 radical (unpaired) electrons. The van der Waals surface area contributed by atoms with Gasteiger partial charge in [-0.15, -0.1) is 10.2 Å². The Morgan fingerprint density at radius 2 is 1.88 bits per heavy atom. The number of pyridine rings is 1. The lowest BCUT2D eigenvalue weighted by Crippen LogP contribution is -2.01. The number of anilines is 1. The summed E-state index contributed by atoms with van der Waals surface area (Å²) < 4.78 is 2.10. The summed E-state index contributed by atoms with van der Waals surface area (Å²) in [5.41, 5.74) is 4.15. The molecule has 2 saturated carbocycles. The van der Waals surface area contributed by atoms with Crippen LogP contribution < -0.4 is 5.32 Å². The molecule has 4 nitrogen and oxygen atoms in total. The van der Waals surface area contributed by atoms with Crippen LogP contribution in [0.4, 0.5) is 5.69 Å². The van der Waals surface area contributed by atoms with Crippen LogP contribution in [0.5, 0.6) is 0 Å². The predicted molar refractivity (Wildman–Crippen MR) is 96.5 cm³/mol. The Hall–Kier alpha value is -2.07. The van der Waals surface area contributed by atoms with E-state index in [-0.39, 0.29) is 0 Å². The van der Waals surface area contributed by atoms with Crippen molar-refractivity contribution < 1.29 is 0 Å². The second kappa shape index (κ2) is 5.49. The van der Waals surface area contributed by atoms with Gasteiger partial charge in [-0.3, -0.25) is 4.40 Å². The Balaban J connectivity index is 1.45. The average Bonchev–Trinajstić information content (AvgIpc) is 3.50. The molecule has 1 N–H and O–H groups in total. The van der Waals surface area contributed by atoms with Gasteiger partial charge >= 0.3 is 0 Å². The third-order valence-electron chi connectivity index (χ3n) is 4.89. The molecule has 2 aromatic heterocycles. The van der Waals surface area contributed by atoms with Gasteiger partial charge in [-0.2, -0.15) is 0 Å². The summed E-state index contributed by atoms with van der Waals surface area (Å²) in [6, 6.07) is 11.0. The lowest BCUT2D eigenvalue weighted by Gasteiger charge is -2.09. The molecule has 2 aliphatic carbocycles. The second-order valence-corrected chi connectivity index (χ2v) is 7.43. The van der Waals surface area contributed by atoms with Gasteiger partial charge < -0.3 is 5.32 Å². The standard InChI is InChI=1S/C19H19ClN4/c20-16-10-13(3-6-17(16)21-15-4-5-15)14-7-8-24-18(9-12-1-2-12)22-23-19(24)11-14/h3,6-8,10-12,15,21H,1-2,4-5,9H2. The van der Waals surface area contributed by atoms with Crippen LogP contribution >= 0.6 is 11.6 Å². The number of nitrogens with one attached hydrogen (secondary N) is 1. The van der Waals surface area contributed by atoms with Crippen LogP contribution in [0.25, 0.3) is 16.8 Å². The number of hydrogen-bond acceptors (Lipinski definition) is 3. The van der Waals surface area contributed by atoms with Gasteiger partial charge in [-0.25, -0.2) is 0 Å². The monoisotopic (exact) mass is 338 g/mol. The zero-order chi connectivity index (χ0) is 16.1. The van der Waals surface area contributed by atoms with Crippen molar-refractivity contribution in [3.05, 3.63) is 47.4 Å². The summed E-state index contributed by atoms with van der Waals surface area (Å²) >= 11 is 6.44. The highest BCUT2D eigenvalue weighted by Gasteiger charge is 2.24. The number of aromatic nitrogens is 3. The van der Waals surface area contributed by atoms with E-state index < -0.39 is 0 Å². The molecule has 24 heavy (non-hydrogen) atoms. The van der Waals surface area contributed by atoms with Crippen LogP contribution in [-0.4, -0.2) is 20.6 Å². The van der Waals surface area contributed by atoms with Gasteiger partial charge in [0.2, 0.25) is 0 Å². The van der Waals surface area contributed by atoms with Gasteiger partial charge in [0.1, 0.15) is 5.82 Å². The maximum Gasteiger partial charge on any atom is 0.161 e. The Labute approximate surface area is 145 Å². The molecular formula is C19H19ClN4. The van der Waals surface area contributed by atoms with Crippen LogP contribution in [-0.2, 0) is 6.42 Å². The summed E-state index contributed by atoms with van der Waals surface area (Å²) in [7, 11) is 0. The Kier molecular flexibility index (Phi) is 3.27. The molecule has 0 atom stereocenters. The molecule has 0 saturated heterocycles. The van der Waals surface area contributed by atoms with Crippen molar-refractivity contribution in [1.82, 2.24) is 14.6 Å². The summed E-state index contributed by atoms with van der Waals surface area (Å²) in [6.07, 6.45) is 8.25. The lowest BCUT2D eigenvalue weighted by molar-refractivity contribution is 0.758. The second-order valence-electron chi connectivity index (χ2n) is 7.02. The first-order chi connectivity index (χ1) is 11.8. The van der Waals surface area contributed by atoms with E-state index >= 15 is 0 Å². The van der Waals surface area contributed by atoms with E-state index in [1.807, 2.05) is 6.07 Å². The summed E-state index contributed by atoms with van der Waals surface area (Å²) in [5.74, 6) is 1.88. The Morgan fingerprint density at radius 1 is 1.04 bits per heavy atom. The molecule has 3 aromatic rings. The SMILES string of the molecule is Clc1cc(-c2ccn3c(CC4CC4)nnc3c2)ccc1NC1CC1. The lowest BCUT2D eigenvalue weighted by atomic mass is 10.1. The molecule has 5 heteroatoms. The summed E-state index contributed by atoms with van der Waals surface area (Å²) in [6.45, 7) is 0. The zero-order valence-corrected chi connectivity index (χ0v) is 14.1. The first-order valence-electron chi connectivity index (χ1n) is 8.66. The van der Waals surface area contributed by atoms with E-state index in [0.29, 0.717) is 6.04 Å². The molecule has 2 aliphatic rings. The van der Waals surface area contributed by atoms with Gasteiger partial charge in [0.15, 0.2) is 5.65 Å². The fourth-order valence-corrected chi connectivity index (χ4v) is 3.33. The predicted octanol–water partition coefficient (Wildman–Crippen LogP) is 4.58. The molecule has 1 aromatic carbocycles. The van der Waals surface area contributed by atoms with E-state index in [0.717, 1.165) is 45.6 Å². The number of nitrogens with zero attached hydrogens (tertiary/aromatic N) is 3. The molecule has 0 unspecified atom stereocenters. The zero-order valence-electron chi connectivity index (χ0n) is 13.4. The highest BCUT2D eigenvalue weighted by Crippen LogP contribution is 2.34. The molecule has 0 spiro atoms. The fraction of sp³-hybridized carbons (Fsp3) is 0.368. The number of fused-ring (bicyclic) bond motifs is 1. The van der Waals surface area contributed by atoms with E-state index in [9.17, 15) is 0 Å². The molecule has 0 aliphatic heterocycles. The fourth-order valence-electron chi connectivity index (χ4n) is 3.10. The quantitative estimate of drug-likeness (QED) is 0.740. The maximum absolute atomic E-state index is 6.44. The maximum atomic E-state index is 6.44. The molecule has 0 amide bonds. The number of hydrogen-bond donors (Lipinski definition) is 1. The number of benzene rings is 1. The molecular weight excluding hydrogens is 320 g/mol. The van der Waals surface area contributed by atoms with Crippen molar-refractivity contribution in [2.24, 2.45) is 5.92 Å². The molecule has 122 valence electrons. The Bertz CT molecular complexity index is 909. The molecule has 2 fully saturated rings. The first kappa shape index (κ1) is 14.3. The smallest absolute Gasteiger partial charge is 0.161 e. The van der Waals surface area contributed by atoms with E-state index in [4.69, 9.17) is 11.6 Å². The highest BCUT2D eigenvalue weighted by molar-refractivity contribution is 6.33. The average molecular weight is 339 g/mol. The van der Waals surface area contributed by atoms with Gasteiger partial charge in [0, 0.05) is 18.7 Å². The normalized spacial score (nSPS) is 17.4. The van der Waals surface area contributed by atoms with Crippen molar-refractivity contribution in [1.29, 1.82) is 0 Å². The van der Waals surface area contributed by atoms with Gasteiger partial charge in [-0.1, -0.05) is 17.7 Å². The highest BCUT2D eigenvalue weighted by atomic mass is 35.5. The van der Waals surface area contributed by atoms with Crippen LogP contribution in [0.1, 0.15) is 31.5 Å². The van der Waals surface area contributed by atoms with E-state index in [1.165, 1.54) is 25.7 Å². The summed E-state index contributed by atoms with van der Waals surface area (Å²) in [4.78, 5) is 0.